The van der Waals surface area contributed by atoms with E-state index in [4.69, 9.17) is 4.74 Å². The van der Waals surface area contributed by atoms with Gasteiger partial charge in [0.15, 0.2) is 0 Å². The minimum Gasteiger partial charge on any atom is -0.497 e. The molecule has 0 aliphatic carbocycles. The second kappa shape index (κ2) is 9.26. The Hall–Kier alpha value is -1.80. The number of hydrogen-bond donors (Lipinski definition) is 3. The first-order valence-electron chi connectivity index (χ1n) is 7.15. The van der Waals surface area contributed by atoms with Crippen LogP contribution < -0.4 is 20.1 Å². The van der Waals surface area contributed by atoms with E-state index < -0.39 is 10.0 Å². The van der Waals surface area contributed by atoms with Gasteiger partial charge in [-0.1, -0.05) is 13.3 Å². The van der Waals surface area contributed by atoms with Gasteiger partial charge in [-0.25, -0.2) is 17.9 Å². The van der Waals surface area contributed by atoms with Crippen LogP contribution in [0.3, 0.4) is 0 Å². The van der Waals surface area contributed by atoms with Crippen LogP contribution in [-0.2, 0) is 10.0 Å². The second-order valence-corrected chi connectivity index (χ2v) is 6.38. The summed E-state index contributed by atoms with van der Waals surface area (Å²) in [6.45, 7) is 2.98. The van der Waals surface area contributed by atoms with Crippen LogP contribution in [0.1, 0.15) is 19.8 Å². The van der Waals surface area contributed by atoms with Crippen molar-refractivity contribution in [1.82, 2.24) is 15.4 Å². The van der Waals surface area contributed by atoms with Crippen LogP contribution in [0.25, 0.3) is 0 Å². The van der Waals surface area contributed by atoms with E-state index in [9.17, 15) is 13.2 Å². The molecule has 1 rings (SSSR count). The number of hydrogen-bond acceptors (Lipinski definition) is 4. The van der Waals surface area contributed by atoms with E-state index in [1.807, 2.05) is 6.92 Å². The molecule has 0 bridgehead atoms. The van der Waals surface area contributed by atoms with Crippen molar-refractivity contribution in [2.45, 2.75) is 24.7 Å². The summed E-state index contributed by atoms with van der Waals surface area (Å²) < 4.78 is 31.4. The normalized spacial score (nSPS) is 11.0. The Bertz CT molecular complexity index is 558. The third kappa shape index (κ3) is 6.31. The van der Waals surface area contributed by atoms with Crippen molar-refractivity contribution < 1.29 is 17.9 Å². The molecule has 8 heteroatoms. The topological polar surface area (TPSA) is 96.5 Å². The largest absolute Gasteiger partial charge is 0.497 e. The van der Waals surface area contributed by atoms with Gasteiger partial charge < -0.3 is 15.4 Å². The highest BCUT2D eigenvalue weighted by atomic mass is 32.2. The maximum atomic E-state index is 12.0. The third-order valence-corrected chi connectivity index (χ3v) is 4.37. The first kappa shape index (κ1) is 18.2. The highest BCUT2D eigenvalue weighted by Crippen LogP contribution is 2.14. The van der Waals surface area contributed by atoms with Gasteiger partial charge in [-0.2, -0.15) is 0 Å². The number of carbonyl (C=O) groups is 1. The van der Waals surface area contributed by atoms with E-state index in [0.29, 0.717) is 12.3 Å². The zero-order valence-corrected chi connectivity index (χ0v) is 13.7. The summed E-state index contributed by atoms with van der Waals surface area (Å²) in [5.41, 5.74) is 0. The minimum absolute atomic E-state index is 0.121. The Balaban J connectivity index is 2.35. The van der Waals surface area contributed by atoms with Crippen molar-refractivity contribution in [3.63, 3.8) is 0 Å². The predicted octanol–water partition coefficient (Wildman–Crippen LogP) is 1.07. The molecule has 0 saturated heterocycles. The van der Waals surface area contributed by atoms with Crippen LogP contribution in [0.15, 0.2) is 29.2 Å². The highest BCUT2D eigenvalue weighted by Gasteiger charge is 2.13. The van der Waals surface area contributed by atoms with E-state index in [2.05, 4.69) is 15.4 Å². The summed E-state index contributed by atoms with van der Waals surface area (Å²) in [6.07, 6.45) is 1.92. The van der Waals surface area contributed by atoms with Crippen molar-refractivity contribution in [1.29, 1.82) is 0 Å². The lowest BCUT2D eigenvalue weighted by Crippen LogP contribution is -2.40. The first-order chi connectivity index (χ1) is 10.5. The van der Waals surface area contributed by atoms with Crippen molar-refractivity contribution in [2.75, 3.05) is 26.7 Å². The van der Waals surface area contributed by atoms with Crippen LogP contribution in [0, 0.1) is 0 Å². The molecule has 22 heavy (non-hydrogen) atoms. The quantitative estimate of drug-likeness (QED) is 0.591. The van der Waals surface area contributed by atoms with E-state index in [1.54, 1.807) is 12.1 Å². The fraction of sp³-hybridized carbons (Fsp3) is 0.500. The molecular weight excluding hydrogens is 306 g/mol. The average Bonchev–Trinajstić information content (AvgIpc) is 2.52. The molecule has 2 amide bonds. The molecule has 124 valence electrons. The highest BCUT2D eigenvalue weighted by molar-refractivity contribution is 7.89. The van der Waals surface area contributed by atoms with E-state index in [-0.39, 0.29) is 24.0 Å². The first-order valence-corrected chi connectivity index (χ1v) is 8.63. The van der Waals surface area contributed by atoms with Gasteiger partial charge in [0.1, 0.15) is 5.75 Å². The summed E-state index contributed by atoms with van der Waals surface area (Å²) in [6, 6.07) is 5.79. The number of amides is 2. The minimum atomic E-state index is -3.58. The lowest BCUT2D eigenvalue weighted by Gasteiger charge is -2.09. The molecule has 0 spiro atoms. The van der Waals surface area contributed by atoms with Gasteiger partial charge in [-0.15, -0.1) is 0 Å². The van der Waals surface area contributed by atoms with E-state index >= 15 is 0 Å². The fourth-order valence-electron chi connectivity index (χ4n) is 1.64. The van der Waals surface area contributed by atoms with Gasteiger partial charge >= 0.3 is 6.03 Å². The third-order valence-electron chi connectivity index (χ3n) is 2.89. The molecule has 7 nitrogen and oxygen atoms in total. The van der Waals surface area contributed by atoms with Gasteiger partial charge in [-0.3, -0.25) is 0 Å². The SMILES string of the molecule is CCCCNC(=O)NCCNS(=O)(=O)c1ccc(OC)cc1. The number of benzene rings is 1. The molecule has 3 N–H and O–H groups in total. The Labute approximate surface area is 131 Å². The molecule has 0 heterocycles. The fourth-order valence-corrected chi connectivity index (χ4v) is 2.67. The molecule has 0 aliphatic heterocycles. The number of sulfonamides is 1. The number of unbranched alkanes of at least 4 members (excludes halogenated alkanes) is 1. The summed E-state index contributed by atoms with van der Waals surface area (Å²) in [5.74, 6) is 0.587. The summed E-state index contributed by atoms with van der Waals surface area (Å²) in [7, 11) is -2.07. The molecule has 0 aromatic heterocycles. The number of urea groups is 1. The lowest BCUT2D eigenvalue weighted by molar-refractivity contribution is 0.241. The zero-order chi connectivity index (χ0) is 16.4. The summed E-state index contributed by atoms with van der Waals surface area (Å²) in [4.78, 5) is 11.5. The number of ether oxygens (including phenoxy) is 1. The standard InChI is InChI=1S/C14H23N3O4S/c1-3-4-9-15-14(18)16-10-11-17-22(19,20)13-7-5-12(21-2)6-8-13/h5-8,17H,3-4,9-11H2,1-2H3,(H2,15,16,18). The van der Waals surface area contributed by atoms with Crippen molar-refractivity contribution in [2.24, 2.45) is 0 Å². The number of nitrogens with one attached hydrogen (secondary N) is 3. The Morgan fingerprint density at radius 2 is 1.73 bits per heavy atom. The Morgan fingerprint density at radius 3 is 2.32 bits per heavy atom. The number of rotatable bonds is 9. The average molecular weight is 329 g/mol. The maximum Gasteiger partial charge on any atom is 0.314 e. The molecule has 1 aromatic carbocycles. The van der Waals surface area contributed by atoms with E-state index in [1.165, 1.54) is 19.2 Å². The summed E-state index contributed by atoms with van der Waals surface area (Å²) in [5, 5.41) is 5.27. The Morgan fingerprint density at radius 1 is 1.09 bits per heavy atom. The monoisotopic (exact) mass is 329 g/mol. The maximum absolute atomic E-state index is 12.0. The number of methoxy groups -OCH3 is 1. The van der Waals surface area contributed by atoms with Crippen molar-refractivity contribution >= 4 is 16.1 Å². The molecule has 1 aromatic rings. The van der Waals surface area contributed by atoms with Crippen LogP contribution in [-0.4, -0.2) is 41.2 Å². The van der Waals surface area contributed by atoms with Crippen molar-refractivity contribution in [3.8, 4) is 5.75 Å². The molecule has 0 atom stereocenters. The Kier molecular flexibility index (Phi) is 7.69. The summed E-state index contributed by atoms with van der Waals surface area (Å²) >= 11 is 0. The molecule has 0 saturated carbocycles. The second-order valence-electron chi connectivity index (χ2n) is 4.61. The smallest absolute Gasteiger partial charge is 0.314 e. The lowest BCUT2D eigenvalue weighted by atomic mass is 10.3. The molecule has 0 radical (unpaired) electrons. The van der Waals surface area contributed by atoms with Gasteiger partial charge in [-0.05, 0) is 30.7 Å². The van der Waals surface area contributed by atoms with Gasteiger partial charge in [0.05, 0.1) is 12.0 Å². The van der Waals surface area contributed by atoms with Gasteiger partial charge in [0, 0.05) is 19.6 Å². The molecule has 0 fully saturated rings. The molecule has 0 aliphatic rings. The molecular formula is C14H23N3O4S. The van der Waals surface area contributed by atoms with E-state index in [0.717, 1.165) is 12.8 Å². The van der Waals surface area contributed by atoms with Crippen molar-refractivity contribution in [3.05, 3.63) is 24.3 Å². The van der Waals surface area contributed by atoms with Gasteiger partial charge in [0.2, 0.25) is 10.0 Å². The van der Waals surface area contributed by atoms with Crippen LogP contribution in [0.4, 0.5) is 4.79 Å². The number of carbonyl (C=O) groups excluding carboxylic acids is 1. The van der Waals surface area contributed by atoms with Crippen LogP contribution in [0.2, 0.25) is 0 Å². The van der Waals surface area contributed by atoms with Crippen LogP contribution >= 0.6 is 0 Å². The predicted molar refractivity (Wildman–Crippen MR) is 84.5 cm³/mol. The zero-order valence-electron chi connectivity index (χ0n) is 12.9. The molecule has 0 unspecified atom stereocenters. The van der Waals surface area contributed by atoms with Gasteiger partial charge in [0.25, 0.3) is 0 Å². The van der Waals surface area contributed by atoms with Crippen LogP contribution in [0.5, 0.6) is 5.75 Å².